The van der Waals surface area contributed by atoms with Crippen LogP contribution >= 0.6 is 11.6 Å². The highest BCUT2D eigenvalue weighted by atomic mass is 35.5. The Kier molecular flexibility index (Phi) is 6.09. The molecular formula is C14H20ClNO. The molecule has 0 spiro atoms. The van der Waals surface area contributed by atoms with E-state index < -0.39 is 0 Å². The standard InChI is InChI=1S/C14H20ClNO/c1-4-16-12(3)9-13-5-7-14(8-6-13)17-10-11(2)15/h5-8,12,16H,2,4,9-10H2,1,3H3. The summed E-state index contributed by atoms with van der Waals surface area (Å²) in [6, 6.07) is 8.59. The Morgan fingerprint density at radius 3 is 2.59 bits per heavy atom. The second-order valence-corrected chi connectivity index (χ2v) is 4.65. The number of hydrogen-bond acceptors (Lipinski definition) is 2. The first-order valence-corrected chi connectivity index (χ1v) is 6.28. The van der Waals surface area contributed by atoms with Crippen molar-refractivity contribution in [1.29, 1.82) is 0 Å². The van der Waals surface area contributed by atoms with Gasteiger partial charge in [0, 0.05) is 11.1 Å². The van der Waals surface area contributed by atoms with Crippen LogP contribution in [0.2, 0.25) is 0 Å². The van der Waals surface area contributed by atoms with E-state index in [2.05, 4.69) is 37.9 Å². The molecule has 0 amide bonds. The van der Waals surface area contributed by atoms with Gasteiger partial charge in [-0.25, -0.2) is 0 Å². The maximum absolute atomic E-state index is 5.63. The van der Waals surface area contributed by atoms with Gasteiger partial charge < -0.3 is 10.1 Å². The highest BCUT2D eigenvalue weighted by molar-refractivity contribution is 6.29. The highest BCUT2D eigenvalue weighted by Gasteiger charge is 2.02. The molecule has 94 valence electrons. The van der Waals surface area contributed by atoms with Gasteiger partial charge in [-0.1, -0.05) is 37.2 Å². The molecule has 0 aliphatic rings. The van der Waals surface area contributed by atoms with Crippen LogP contribution < -0.4 is 10.1 Å². The maximum Gasteiger partial charge on any atom is 0.123 e. The predicted molar refractivity (Wildman–Crippen MR) is 73.8 cm³/mol. The van der Waals surface area contributed by atoms with Gasteiger partial charge in [0.05, 0.1) is 0 Å². The largest absolute Gasteiger partial charge is 0.488 e. The molecule has 0 saturated carbocycles. The molecule has 1 atom stereocenters. The summed E-state index contributed by atoms with van der Waals surface area (Å²) in [4.78, 5) is 0. The van der Waals surface area contributed by atoms with Crippen LogP contribution in [-0.2, 0) is 6.42 Å². The van der Waals surface area contributed by atoms with Crippen LogP contribution in [0, 0.1) is 0 Å². The van der Waals surface area contributed by atoms with Crippen molar-refractivity contribution >= 4 is 11.6 Å². The zero-order valence-corrected chi connectivity index (χ0v) is 11.3. The minimum absolute atomic E-state index is 0.356. The SMILES string of the molecule is C=C(Cl)COc1ccc(CC(C)NCC)cc1. The van der Waals surface area contributed by atoms with Gasteiger partial charge in [0.2, 0.25) is 0 Å². The lowest BCUT2D eigenvalue weighted by Crippen LogP contribution is -2.27. The van der Waals surface area contributed by atoms with E-state index in [0.717, 1.165) is 18.7 Å². The fourth-order valence-electron chi connectivity index (χ4n) is 1.66. The van der Waals surface area contributed by atoms with Crippen LogP contribution in [0.3, 0.4) is 0 Å². The molecule has 0 heterocycles. The van der Waals surface area contributed by atoms with Crippen LogP contribution in [0.1, 0.15) is 19.4 Å². The second kappa shape index (κ2) is 7.36. The van der Waals surface area contributed by atoms with E-state index in [-0.39, 0.29) is 0 Å². The van der Waals surface area contributed by atoms with E-state index in [1.54, 1.807) is 0 Å². The lowest BCUT2D eigenvalue weighted by Gasteiger charge is -2.12. The Morgan fingerprint density at radius 1 is 1.41 bits per heavy atom. The molecule has 0 aromatic heterocycles. The highest BCUT2D eigenvalue weighted by Crippen LogP contribution is 2.14. The van der Waals surface area contributed by atoms with Crippen LogP contribution in [-0.4, -0.2) is 19.2 Å². The molecular weight excluding hydrogens is 234 g/mol. The van der Waals surface area contributed by atoms with Crippen LogP contribution in [0.15, 0.2) is 35.9 Å². The van der Waals surface area contributed by atoms with Crippen LogP contribution in [0.5, 0.6) is 5.75 Å². The molecule has 1 rings (SSSR count). The van der Waals surface area contributed by atoms with Crippen molar-refractivity contribution < 1.29 is 4.74 Å². The number of hydrogen-bond donors (Lipinski definition) is 1. The smallest absolute Gasteiger partial charge is 0.123 e. The van der Waals surface area contributed by atoms with Gasteiger partial charge in [-0.05, 0) is 37.6 Å². The monoisotopic (exact) mass is 253 g/mol. The Balaban J connectivity index is 2.47. The first-order valence-electron chi connectivity index (χ1n) is 5.90. The number of rotatable bonds is 7. The topological polar surface area (TPSA) is 21.3 Å². The second-order valence-electron chi connectivity index (χ2n) is 4.11. The van der Waals surface area contributed by atoms with Gasteiger partial charge in [0.1, 0.15) is 12.4 Å². The minimum atomic E-state index is 0.356. The van der Waals surface area contributed by atoms with Crippen molar-refractivity contribution in [3.63, 3.8) is 0 Å². The van der Waals surface area contributed by atoms with E-state index in [0.29, 0.717) is 17.7 Å². The molecule has 0 bridgehead atoms. The summed E-state index contributed by atoms with van der Waals surface area (Å²) in [6.45, 7) is 9.24. The third kappa shape index (κ3) is 5.76. The molecule has 2 nitrogen and oxygen atoms in total. The molecule has 0 radical (unpaired) electrons. The summed E-state index contributed by atoms with van der Waals surface area (Å²) in [5, 5.41) is 3.90. The minimum Gasteiger partial charge on any atom is -0.488 e. The Morgan fingerprint density at radius 2 is 2.06 bits per heavy atom. The number of likely N-dealkylation sites (N-methyl/N-ethyl adjacent to an activating group) is 1. The van der Waals surface area contributed by atoms with Gasteiger partial charge in [-0.3, -0.25) is 0 Å². The van der Waals surface area contributed by atoms with E-state index in [9.17, 15) is 0 Å². The predicted octanol–water partition coefficient (Wildman–Crippen LogP) is 3.36. The third-order valence-electron chi connectivity index (χ3n) is 2.41. The van der Waals surface area contributed by atoms with Gasteiger partial charge in [-0.15, -0.1) is 0 Å². The maximum atomic E-state index is 5.63. The van der Waals surface area contributed by atoms with Gasteiger partial charge in [0.25, 0.3) is 0 Å². The van der Waals surface area contributed by atoms with E-state index >= 15 is 0 Å². The Bertz CT molecular complexity index is 348. The first-order chi connectivity index (χ1) is 8.11. The number of benzene rings is 1. The van der Waals surface area contributed by atoms with Gasteiger partial charge in [-0.2, -0.15) is 0 Å². The van der Waals surface area contributed by atoms with Crippen molar-refractivity contribution in [2.45, 2.75) is 26.3 Å². The number of nitrogens with one attached hydrogen (secondary N) is 1. The average Bonchev–Trinajstić information content (AvgIpc) is 2.28. The average molecular weight is 254 g/mol. The molecule has 0 aliphatic carbocycles. The molecule has 1 N–H and O–H groups in total. The zero-order valence-electron chi connectivity index (χ0n) is 10.5. The lowest BCUT2D eigenvalue weighted by atomic mass is 10.1. The van der Waals surface area contributed by atoms with Gasteiger partial charge >= 0.3 is 0 Å². The third-order valence-corrected chi connectivity index (χ3v) is 2.52. The van der Waals surface area contributed by atoms with Crippen molar-refractivity contribution in [2.24, 2.45) is 0 Å². The van der Waals surface area contributed by atoms with Crippen molar-refractivity contribution in [3.8, 4) is 5.75 Å². The van der Waals surface area contributed by atoms with Crippen LogP contribution in [0.25, 0.3) is 0 Å². The first kappa shape index (κ1) is 14.1. The molecule has 17 heavy (non-hydrogen) atoms. The number of halogens is 1. The molecule has 1 aromatic carbocycles. The zero-order chi connectivity index (χ0) is 12.7. The summed E-state index contributed by atoms with van der Waals surface area (Å²) in [5.74, 6) is 0.826. The summed E-state index contributed by atoms with van der Waals surface area (Å²) >= 11 is 5.63. The molecule has 1 unspecified atom stereocenters. The van der Waals surface area contributed by atoms with E-state index in [1.807, 2.05) is 12.1 Å². The molecule has 0 aliphatic heterocycles. The molecule has 0 saturated heterocycles. The van der Waals surface area contributed by atoms with E-state index in [4.69, 9.17) is 16.3 Å². The molecule has 0 fully saturated rings. The van der Waals surface area contributed by atoms with Crippen LogP contribution in [0.4, 0.5) is 0 Å². The van der Waals surface area contributed by atoms with E-state index in [1.165, 1.54) is 5.56 Å². The summed E-state index contributed by atoms with van der Waals surface area (Å²) in [7, 11) is 0. The lowest BCUT2D eigenvalue weighted by molar-refractivity contribution is 0.359. The summed E-state index contributed by atoms with van der Waals surface area (Å²) in [6.07, 6.45) is 1.02. The van der Waals surface area contributed by atoms with Gasteiger partial charge in [0.15, 0.2) is 0 Å². The summed E-state index contributed by atoms with van der Waals surface area (Å²) in [5.41, 5.74) is 1.30. The normalized spacial score (nSPS) is 12.2. The molecule has 3 heteroatoms. The fraction of sp³-hybridized carbons (Fsp3) is 0.429. The summed E-state index contributed by atoms with van der Waals surface area (Å²) < 4.78 is 5.43. The number of ether oxygens (including phenoxy) is 1. The van der Waals surface area contributed by atoms with Crippen molar-refractivity contribution in [2.75, 3.05) is 13.2 Å². The quantitative estimate of drug-likeness (QED) is 0.805. The Hall–Kier alpha value is -0.990. The molecule has 1 aromatic rings. The fourth-order valence-corrected chi connectivity index (χ4v) is 1.71. The Labute approximate surface area is 109 Å². The van der Waals surface area contributed by atoms with Crippen molar-refractivity contribution in [1.82, 2.24) is 5.32 Å². The van der Waals surface area contributed by atoms with Crippen molar-refractivity contribution in [3.05, 3.63) is 41.4 Å².